The molecule has 17 heavy (non-hydrogen) atoms. The maximum Gasteiger partial charge on any atom is 0.120 e. The lowest BCUT2D eigenvalue weighted by atomic mass is 9.82. The van der Waals surface area contributed by atoms with Gasteiger partial charge in [-0.2, -0.15) is 0 Å². The lowest BCUT2D eigenvalue weighted by Gasteiger charge is -2.39. The highest BCUT2D eigenvalue weighted by atomic mass is 16.3. The molecule has 1 aromatic carbocycles. The van der Waals surface area contributed by atoms with E-state index in [1.54, 1.807) is 6.07 Å². The van der Waals surface area contributed by atoms with Crippen LogP contribution in [0.25, 0.3) is 0 Å². The number of hydrogen-bond acceptors (Lipinski definition) is 3. The zero-order valence-electron chi connectivity index (χ0n) is 10.4. The summed E-state index contributed by atoms with van der Waals surface area (Å²) in [4.78, 5) is 2.31. The number of aliphatic hydroxyl groups excluding tert-OH is 1. The summed E-state index contributed by atoms with van der Waals surface area (Å²) in [5.41, 5.74) is 0.984. The monoisotopic (exact) mass is 235 g/mol. The first kappa shape index (κ1) is 12.4. The molecule has 0 amide bonds. The van der Waals surface area contributed by atoms with Gasteiger partial charge in [0.05, 0.1) is 0 Å². The minimum Gasteiger partial charge on any atom is -0.508 e. The van der Waals surface area contributed by atoms with Crippen LogP contribution in [0.15, 0.2) is 24.3 Å². The number of para-hydroxylation sites is 1. The van der Waals surface area contributed by atoms with Crippen LogP contribution >= 0.6 is 0 Å². The highest BCUT2D eigenvalue weighted by molar-refractivity contribution is 5.31. The fourth-order valence-corrected chi connectivity index (χ4v) is 2.58. The van der Waals surface area contributed by atoms with Gasteiger partial charge in [0.2, 0.25) is 0 Å². The maximum absolute atomic E-state index is 9.75. The van der Waals surface area contributed by atoms with Crippen molar-refractivity contribution in [3.8, 4) is 5.75 Å². The topological polar surface area (TPSA) is 43.7 Å². The maximum atomic E-state index is 9.75. The van der Waals surface area contributed by atoms with Crippen molar-refractivity contribution in [2.24, 2.45) is 5.41 Å². The number of likely N-dealkylation sites (tertiary alicyclic amines) is 1. The molecule has 1 heterocycles. The van der Waals surface area contributed by atoms with Crippen LogP contribution < -0.4 is 0 Å². The molecule has 1 aliphatic rings. The molecule has 0 aliphatic carbocycles. The van der Waals surface area contributed by atoms with Gasteiger partial charge in [-0.25, -0.2) is 0 Å². The number of rotatable bonds is 3. The van der Waals surface area contributed by atoms with Crippen molar-refractivity contribution in [2.75, 3.05) is 19.7 Å². The molecule has 0 bridgehead atoms. The minimum atomic E-state index is 0.0165. The van der Waals surface area contributed by atoms with E-state index in [0.29, 0.717) is 5.75 Å². The average molecular weight is 235 g/mol. The summed E-state index contributed by atoms with van der Waals surface area (Å²) < 4.78 is 0. The standard InChI is InChI=1S/C14H21NO2/c1-14(11-16)7-4-8-15(10-14)9-12-5-2-3-6-13(12)17/h2-3,5-6,16-17H,4,7-11H2,1H3. The van der Waals surface area contributed by atoms with E-state index in [4.69, 9.17) is 0 Å². The third-order valence-corrected chi connectivity index (χ3v) is 3.63. The molecule has 1 unspecified atom stereocenters. The molecule has 0 aromatic heterocycles. The van der Waals surface area contributed by atoms with E-state index >= 15 is 0 Å². The first-order valence-corrected chi connectivity index (χ1v) is 6.23. The lowest BCUT2D eigenvalue weighted by molar-refractivity contribution is 0.0426. The molecule has 0 spiro atoms. The van der Waals surface area contributed by atoms with Gasteiger partial charge in [-0.3, -0.25) is 4.90 Å². The Bertz CT molecular complexity index is 380. The van der Waals surface area contributed by atoms with Crippen LogP contribution in [0.1, 0.15) is 25.3 Å². The van der Waals surface area contributed by atoms with Gasteiger partial charge in [-0.1, -0.05) is 25.1 Å². The van der Waals surface area contributed by atoms with Crippen molar-refractivity contribution in [3.63, 3.8) is 0 Å². The molecule has 1 aliphatic heterocycles. The van der Waals surface area contributed by atoms with Gasteiger partial charge in [-0.15, -0.1) is 0 Å². The van der Waals surface area contributed by atoms with Crippen molar-refractivity contribution in [1.29, 1.82) is 0 Å². The summed E-state index contributed by atoms with van der Waals surface area (Å²) in [5, 5.41) is 19.2. The van der Waals surface area contributed by atoms with E-state index in [9.17, 15) is 10.2 Å². The first-order valence-electron chi connectivity index (χ1n) is 6.23. The van der Waals surface area contributed by atoms with Crippen LogP contribution in [0.2, 0.25) is 0 Å². The van der Waals surface area contributed by atoms with Crippen molar-refractivity contribution in [3.05, 3.63) is 29.8 Å². The van der Waals surface area contributed by atoms with Gasteiger partial charge in [0.15, 0.2) is 0 Å². The number of benzene rings is 1. The Morgan fingerprint density at radius 1 is 1.35 bits per heavy atom. The van der Waals surface area contributed by atoms with Crippen LogP contribution in [0.3, 0.4) is 0 Å². The fraction of sp³-hybridized carbons (Fsp3) is 0.571. The molecule has 2 rings (SSSR count). The molecule has 0 radical (unpaired) electrons. The zero-order valence-corrected chi connectivity index (χ0v) is 10.4. The molecule has 0 saturated carbocycles. The molecule has 94 valence electrons. The van der Waals surface area contributed by atoms with Crippen molar-refractivity contribution in [2.45, 2.75) is 26.3 Å². The van der Waals surface area contributed by atoms with E-state index in [-0.39, 0.29) is 12.0 Å². The van der Waals surface area contributed by atoms with E-state index in [0.717, 1.165) is 38.0 Å². The highest BCUT2D eigenvalue weighted by Gasteiger charge is 2.30. The van der Waals surface area contributed by atoms with E-state index in [1.165, 1.54) is 0 Å². The predicted molar refractivity (Wildman–Crippen MR) is 67.8 cm³/mol. The fourth-order valence-electron chi connectivity index (χ4n) is 2.58. The highest BCUT2D eigenvalue weighted by Crippen LogP contribution is 2.30. The van der Waals surface area contributed by atoms with E-state index in [1.807, 2.05) is 18.2 Å². The molecule has 1 atom stereocenters. The Hall–Kier alpha value is -1.06. The average Bonchev–Trinajstić information content (AvgIpc) is 2.32. The number of nitrogens with zero attached hydrogens (tertiary/aromatic N) is 1. The molecule has 2 N–H and O–H groups in total. The summed E-state index contributed by atoms with van der Waals surface area (Å²) in [7, 11) is 0. The van der Waals surface area contributed by atoms with Crippen LogP contribution in [-0.2, 0) is 6.54 Å². The second-order valence-electron chi connectivity index (χ2n) is 5.41. The minimum absolute atomic E-state index is 0.0165. The number of phenols is 1. The molecule has 1 saturated heterocycles. The van der Waals surface area contributed by atoms with Gasteiger partial charge < -0.3 is 10.2 Å². The number of aliphatic hydroxyl groups is 1. The molecule has 1 aromatic rings. The summed E-state index contributed by atoms with van der Waals surface area (Å²) >= 11 is 0. The Morgan fingerprint density at radius 3 is 2.82 bits per heavy atom. The summed E-state index contributed by atoms with van der Waals surface area (Å²) in [6, 6.07) is 7.47. The first-order chi connectivity index (χ1) is 8.13. The summed E-state index contributed by atoms with van der Waals surface area (Å²) in [5.74, 6) is 0.365. The molecule has 3 nitrogen and oxygen atoms in total. The Kier molecular flexibility index (Phi) is 3.69. The number of piperidine rings is 1. The smallest absolute Gasteiger partial charge is 0.120 e. The molecule has 1 fully saturated rings. The van der Waals surface area contributed by atoms with Crippen molar-refractivity contribution in [1.82, 2.24) is 4.90 Å². The van der Waals surface area contributed by atoms with Crippen LogP contribution in [0.5, 0.6) is 5.75 Å². The number of aromatic hydroxyl groups is 1. The van der Waals surface area contributed by atoms with Gasteiger partial charge in [-0.05, 0) is 25.5 Å². The van der Waals surface area contributed by atoms with Crippen molar-refractivity contribution >= 4 is 0 Å². The second-order valence-corrected chi connectivity index (χ2v) is 5.41. The Balaban J connectivity index is 2.02. The predicted octanol–water partition coefficient (Wildman–Crippen LogP) is 1.99. The van der Waals surface area contributed by atoms with E-state index in [2.05, 4.69) is 11.8 Å². The van der Waals surface area contributed by atoms with Gasteiger partial charge in [0.25, 0.3) is 0 Å². The number of hydrogen-bond donors (Lipinski definition) is 2. The summed E-state index contributed by atoms with van der Waals surface area (Å²) in [6.45, 7) is 5.08. The van der Waals surface area contributed by atoms with E-state index < -0.39 is 0 Å². The zero-order chi connectivity index (χ0) is 12.3. The van der Waals surface area contributed by atoms with Crippen LogP contribution in [0.4, 0.5) is 0 Å². The number of phenolic OH excluding ortho intramolecular Hbond substituents is 1. The lowest BCUT2D eigenvalue weighted by Crippen LogP contribution is -2.43. The van der Waals surface area contributed by atoms with Gasteiger partial charge in [0, 0.05) is 30.7 Å². The second kappa shape index (κ2) is 5.07. The summed E-state index contributed by atoms with van der Waals surface area (Å²) in [6.07, 6.45) is 2.20. The molecule has 3 heteroatoms. The molecular weight excluding hydrogens is 214 g/mol. The Labute approximate surface area is 103 Å². The largest absolute Gasteiger partial charge is 0.508 e. The van der Waals surface area contributed by atoms with Crippen molar-refractivity contribution < 1.29 is 10.2 Å². The van der Waals surface area contributed by atoms with Gasteiger partial charge in [0.1, 0.15) is 5.75 Å². The SMILES string of the molecule is CC1(CO)CCCN(Cc2ccccc2O)C1. The van der Waals surface area contributed by atoms with Crippen LogP contribution in [0, 0.1) is 5.41 Å². The van der Waals surface area contributed by atoms with Crippen LogP contribution in [-0.4, -0.2) is 34.8 Å². The Morgan fingerprint density at radius 2 is 2.12 bits per heavy atom. The van der Waals surface area contributed by atoms with Gasteiger partial charge >= 0.3 is 0 Å². The molecular formula is C14H21NO2. The quantitative estimate of drug-likeness (QED) is 0.842. The third kappa shape index (κ3) is 2.99. The third-order valence-electron chi connectivity index (χ3n) is 3.63. The normalized spacial score (nSPS) is 26.0.